The lowest BCUT2D eigenvalue weighted by Crippen LogP contribution is -2.35. The first-order valence-corrected chi connectivity index (χ1v) is 7.23. The van der Waals surface area contributed by atoms with E-state index in [0.717, 1.165) is 0 Å². The number of nitrogens with zero attached hydrogens (tertiary/aromatic N) is 1. The van der Waals surface area contributed by atoms with Crippen LogP contribution in [0, 0.1) is 12.7 Å². The minimum Gasteiger partial charge on any atom is -0.444 e. The largest absolute Gasteiger partial charge is 0.444 e. The van der Waals surface area contributed by atoms with Crippen molar-refractivity contribution in [2.45, 2.75) is 6.92 Å². The van der Waals surface area contributed by atoms with E-state index in [0.29, 0.717) is 15.9 Å². The molecule has 0 bridgehead atoms. The van der Waals surface area contributed by atoms with Crippen LogP contribution in [0.4, 0.5) is 10.1 Å². The molecule has 0 spiro atoms. The lowest BCUT2D eigenvalue weighted by molar-refractivity contribution is -0.116. The number of furan rings is 1. The van der Waals surface area contributed by atoms with Gasteiger partial charge in [0.25, 0.3) is 5.91 Å². The van der Waals surface area contributed by atoms with E-state index in [2.05, 4.69) is 21.2 Å². The number of rotatable bonds is 4. The summed E-state index contributed by atoms with van der Waals surface area (Å²) in [5.74, 6) is -0.976. The van der Waals surface area contributed by atoms with Crippen LogP contribution in [0.3, 0.4) is 0 Å². The fraction of sp³-hybridized carbons (Fsp3) is 0.200. The van der Waals surface area contributed by atoms with Crippen molar-refractivity contribution in [3.63, 3.8) is 0 Å². The molecule has 7 heteroatoms. The number of amides is 2. The topological polar surface area (TPSA) is 62.6 Å². The molecule has 0 saturated heterocycles. The monoisotopic (exact) mass is 368 g/mol. The molecule has 0 unspecified atom stereocenters. The van der Waals surface area contributed by atoms with E-state index in [9.17, 15) is 14.0 Å². The van der Waals surface area contributed by atoms with Gasteiger partial charge in [0.2, 0.25) is 5.91 Å². The van der Waals surface area contributed by atoms with Crippen molar-refractivity contribution in [3.8, 4) is 0 Å². The van der Waals surface area contributed by atoms with Crippen LogP contribution in [-0.2, 0) is 4.79 Å². The minimum atomic E-state index is -0.391. The van der Waals surface area contributed by atoms with Gasteiger partial charge in [0, 0.05) is 18.3 Å². The summed E-state index contributed by atoms with van der Waals surface area (Å²) >= 11 is 3.15. The van der Waals surface area contributed by atoms with Crippen LogP contribution in [-0.4, -0.2) is 30.3 Å². The van der Waals surface area contributed by atoms with Gasteiger partial charge >= 0.3 is 0 Å². The Morgan fingerprint density at radius 2 is 1.95 bits per heavy atom. The maximum Gasteiger partial charge on any atom is 0.290 e. The molecule has 0 aliphatic carbocycles. The number of carbonyl (C=O) groups is 2. The number of anilines is 1. The lowest BCUT2D eigenvalue weighted by atomic mass is 10.2. The molecule has 0 fully saturated rings. The molecular weight excluding hydrogens is 355 g/mol. The Balaban J connectivity index is 1.97. The summed E-state index contributed by atoms with van der Waals surface area (Å²) in [7, 11) is 1.50. The number of aryl methyl sites for hydroxylation is 1. The van der Waals surface area contributed by atoms with Gasteiger partial charge < -0.3 is 14.6 Å². The molecule has 2 amide bonds. The van der Waals surface area contributed by atoms with Gasteiger partial charge in [-0.1, -0.05) is 0 Å². The molecule has 0 aliphatic rings. The van der Waals surface area contributed by atoms with Crippen LogP contribution in [0.2, 0.25) is 0 Å². The van der Waals surface area contributed by atoms with Crippen LogP contribution in [0.25, 0.3) is 0 Å². The maximum atomic E-state index is 12.8. The number of nitrogens with one attached hydrogen (secondary N) is 1. The molecule has 1 aromatic heterocycles. The zero-order valence-electron chi connectivity index (χ0n) is 12.0. The SMILES string of the molecule is Cc1cc(Br)oc1C(=O)N(C)CC(=O)Nc1ccc(F)cc1. The molecule has 2 rings (SSSR count). The average molecular weight is 369 g/mol. The predicted octanol–water partition coefficient (Wildman–Crippen LogP) is 3.20. The number of likely N-dealkylation sites (N-methyl/N-ethyl adjacent to an activating group) is 1. The first-order valence-electron chi connectivity index (χ1n) is 6.43. The maximum absolute atomic E-state index is 12.8. The minimum absolute atomic E-state index is 0.145. The molecule has 0 saturated carbocycles. The molecule has 1 heterocycles. The summed E-state index contributed by atoms with van der Waals surface area (Å²) < 4.78 is 18.5. The van der Waals surface area contributed by atoms with Gasteiger partial charge in [-0.25, -0.2) is 4.39 Å². The number of hydrogen-bond donors (Lipinski definition) is 1. The second-order valence-corrected chi connectivity index (χ2v) is 5.56. The molecule has 116 valence electrons. The molecule has 0 atom stereocenters. The van der Waals surface area contributed by atoms with Gasteiger partial charge in [-0.3, -0.25) is 9.59 Å². The molecule has 1 N–H and O–H groups in total. The third-order valence-electron chi connectivity index (χ3n) is 2.94. The Labute approximate surface area is 135 Å². The zero-order valence-corrected chi connectivity index (χ0v) is 13.6. The van der Waals surface area contributed by atoms with Gasteiger partial charge in [-0.2, -0.15) is 0 Å². The first kappa shape index (κ1) is 16.2. The van der Waals surface area contributed by atoms with Crippen molar-refractivity contribution in [2.75, 3.05) is 18.9 Å². The third kappa shape index (κ3) is 3.94. The van der Waals surface area contributed by atoms with Crippen LogP contribution in [0.15, 0.2) is 39.4 Å². The Morgan fingerprint density at radius 1 is 1.32 bits per heavy atom. The first-order chi connectivity index (χ1) is 10.4. The van der Waals surface area contributed by atoms with E-state index in [1.165, 1.54) is 36.2 Å². The fourth-order valence-electron chi connectivity index (χ4n) is 1.85. The molecule has 0 aliphatic heterocycles. The Kier molecular flexibility index (Phi) is 4.97. The summed E-state index contributed by atoms with van der Waals surface area (Å²) in [6.45, 7) is 1.60. The number of hydrogen-bond acceptors (Lipinski definition) is 3. The van der Waals surface area contributed by atoms with Gasteiger partial charge in [0.05, 0.1) is 6.54 Å². The van der Waals surface area contributed by atoms with E-state index in [1.807, 2.05) is 0 Å². The van der Waals surface area contributed by atoms with Crippen molar-refractivity contribution < 1.29 is 18.4 Å². The van der Waals surface area contributed by atoms with Gasteiger partial charge in [-0.15, -0.1) is 0 Å². The molecule has 0 radical (unpaired) electrons. The van der Waals surface area contributed by atoms with E-state index in [4.69, 9.17) is 4.42 Å². The van der Waals surface area contributed by atoms with Crippen molar-refractivity contribution in [1.29, 1.82) is 0 Å². The number of halogens is 2. The highest BCUT2D eigenvalue weighted by molar-refractivity contribution is 9.10. The Bertz CT molecular complexity index is 697. The number of benzene rings is 1. The summed E-state index contributed by atoms with van der Waals surface area (Å²) in [6, 6.07) is 7.06. The highest BCUT2D eigenvalue weighted by Crippen LogP contribution is 2.20. The van der Waals surface area contributed by atoms with Gasteiger partial charge in [-0.05, 0) is 53.2 Å². The molecule has 2 aromatic rings. The summed E-state index contributed by atoms with van der Waals surface area (Å²) in [4.78, 5) is 25.3. The Morgan fingerprint density at radius 3 is 2.50 bits per heavy atom. The van der Waals surface area contributed by atoms with E-state index in [1.54, 1.807) is 13.0 Å². The highest BCUT2D eigenvalue weighted by atomic mass is 79.9. The van der Waals surface area contributed by atoms with Crippen LogP contribution in [0.5, 0.6) is 0 Å². The molecular formula is C15H14BrFN2O3. The second kappa shape index (κ2) is 6.74. The summed E-state index contributed by atoms with van der Waals surface area (Å²) in [5, 5.41) is 2.59. The normalized spacial score (nSPS) is 10.4. The third-order valence-corrected chi connectivity index (χ3v) is 3.33. The van der Waals surface area contributed by atoms with E-state index in [-0.39, 0.29) is 24.0 Å². The van der Waals surface area contributed by atoms with Crippen molar-refractivity contribution in [1.82, 2.24) is 4.90 Å². The number of carbonyl (C=O) groups excluding carboxylic acids is 2. The average Bonchev–Trinajstić information content (AvgIpc) is 2.79. The second-order valence-electron chi connectivity index (χ2n) is 4.78. The van der Waals surface area contributed by atoms with Crippen LogP contribution < -0.4 is 5.32 Å². The quantitative estimate of drug-likeness (QED) is 0.901. The van der Waals surface area contributed by atoms with E-state index >= 15 is 0 Å². The highest BCUT2D eigenvalue weighted by Gasteiger charge is 2.20. The van der Waals surface area contributed by atoms with Crippen molar-refractivity contribution >= 4 is 33.4 Å². The standard InChI is InChI=1S/C15H14BrFN2O3/c1-9-7-12(16)22-14(9)15(21)19(2)8-13(20)18-11-5-3-10(17)4-6-11/h3-7H,8H2,1-2H3,(H,18,20). The van der Waals surface area contributed by atoms with Crippen LogP contribution >= 0.6 is 15.9 Å². The predicted molar refractivity (Wildman–Crippen MR) is 83.1 cm³/mol. The van der Waals surface area contributed by atoms with Gasteiger partial charge in [0.15, 0.2) is 10.4 Å². The smallest absolute Gasteiger partial charge is 0.290 e. The van der Waals surface area contributed by atoms with Gasteiger partial charge in [0.1, 0.15) is 5.82 Å². The van der Waals surface area contributed by atoms with E-state index < -0.39 is 5.91 Å². The summed E-state index contributed by atoms with van der Waals surface area (Å²) in [5.41, 5.74) is 1.15. The van der Waals surface area contributed by atoms with Crippen molar-refractivity contribution in [3.05, 3.63) is 52.1 Å². The van der Waals surface area contributed by atoms with Crippen molar-refractivity contribution in [2.24, 2.45) is 0 Å². The fourth-order valence-corrected chi connectivity index (χ4v) is 2.36. The summed E-state index contributed by atoms with van der Waals surface area (Å²) in [6.07, 6.45) is 0. The molecule has 22 heavy (non-hydrogen) atoms. The Hall–Kier alpha value is -2.15. The molecule has 5 nitrogen and oxygen atoms in total. The van der Waals surface area contributed by atoms with Crippen LogP contribution in [0.1, 0.15) is 16.1 Å². The zero-order chi connectivity index (χ0) is 16.3. The lowest BCUT2D eigenvalue weighted by Gasteiger charge is -2.15. The molecule has 1 aromatic carbocycles.